The van der Waals surface area contributed by atoms with Crippen molar-refractivity contribution >= 4 is 17.6 Å². The average molecular weight is 256 g/mol. The van der Waals surface area contributed by atoms with Gasteiger partial charge in [0.25, 0.3) is 5.56 Å². The standard InChI is InChI=1S/C10H16N4O2S/c1-13-9(15)8(12-14(2)10(13)16)11-7-3-5-17-6-4-7/h7H,3-6H2,1-2H3,(H,11,12). The van der Waals surface area contributed by atoms with Crippen molar-refractivity contribution in [1.29, 1.82) is 0 Å². The van der Waals surface area contributed by atoms with Crippen LogP contribution in [-0.4, -0.2) is 31.9 Å². The Bertz CT molecular complexity index is 516. The molecule has 17 heavy (non-hydrogen) atoms. The number of nitrogens with zero attached hydrogens (tertiary/aromatic N) is 3. The second-order valence-electron chi connectivity index (χ2n) is 4.15. The highest BCUT2D eigenvalue weighted by atomic mass is 32.2. The zero-order chi connectivity index (χ0) is 12.4. The van der Waals surface area contributed by atoms with Gasteiger partial charge in [-0.1, -0.05) is 0 Å². The SMILES string of the molecule is Cn1nc(NC2CCSCC2)c(=O)n(C)c1=O. The van der Waals surface area contributed by atoms with Gasteiger partial charge >= 0.3 is 5.69 Å². The fraction of sp³-hybridized carbons (Fsp3) is 0.700. The molecule has 6 nitrogen and oxygen atoms in total. The van der Waals surface area contributed by atoms with E-state index in [1.54, 1.807) is 7.05 Å². The zero-order valence-corrected chi connectivity index (χ0v) is 10.8. The molecule has 0 aliphatic carbocycles. The summed E-state index contributed by atoms with van der Waals surface area (Å²) in [6.45, 7) is 0. The van der Waals surface area contributed by atoms with E-state index in [9.17, 15) is 9.59 Å². The first-order valence-electron chi connectivity index (χ1n) is 5.58. The average Bonchev–Trinajstić information content (AvgIpc) is 2.35. The van der Waals surface area contributed by atoms with E-state index in [4.69, 9.17) is 0 Å². The molecule has 0 amide bonds. The summed E-state index contributed by atoms with van der Waals surface area (Å²) in [6, 6.07) is 0.286. The first-order chi connectivity index (χ1) is 8.09. The van der Waals surface area contributed by atoms with Gasteiger partial charge < -0.3 is 5.32 Å². The van der Waals surface area contributed by atoms with Gasteiger partial charge in [0.15, 0.2) is 0 Å². The van der Waals surface area contributed by atoms with Crippen molar-refractivity contribution in [2.24, 2.45) is 14.1 Å². The molecule has 2 rings (SSSR count). The molecule has 0 radical (unpaired) electrons. The number of thioether (sulfide) groups is 1. The minimum Gasteiger partial charge on any atom is -0.361 e. The molecule has 94 valence electrons. The van der Waals surface area contributed by atoms with Crippen LogP contribution < -0.4 is 16.6 Å². The van der Waals surface area contributed by atoms with Gasteiger partial charge in [-0.2, -0.15) is 11.8 Å². The summed E-state index contributed by atoms with van der Waals surface area (Å²) in [7, 11) is 3.01. The van der Waals surface area contributed by atoms with E-state index in [1.807, 2.05) is 11.8 Å². The van der Waals surface area contributed by atoms with Gasteiger partial charge in [0, 0.05) is 20.1 Å². The van der Waals surface area contributed by atoms with E-state index < -0.39 is 5.69 Å². The molecule has 1 aliphatic heterocycles. The molecule has 0 saturated carbocycles. The van der Waals surface area contributed by atoms with Crippen LogP contribution in [0.3, 0.4) is 0 Å². The Morgan fingerprint density at radius 3 is 2.59 bits per heavy atom. The lowest BCUT2D eigenvalue weighted by atomic mass is 10.1. The van der Waals surface area contributed by atoms with E-state index in [1.165, 1.54) is 11.7 Å². The van der Waals surface area contributed by atoms with Crippen molar-refractivity contribution in [1.82, 2.24) is 14.3 Å². The Kier molecular flexibility index (Phi) is 3.56. The summed E-state index contributed by atoms with van der Waals surface area (Å²) in [5, 5.41) is 7.12. The lowest BCUT2D eigenvalue weighted by Crippen LogP contribution is -2.41. The Hall–Kier alpha value is -1.24. The number of anilines is 1. The Morgan fingerprint density at radius 2 is 1.94 bits per heavy atom. The topological polar surface area (TPSA) is 68.9 Å². The third-order valence-corrected chi connectivity index (χ3v) is 3.93. The van der Waals surface area contributed by atoms with Gasteiger partial charge in [0.05, 0.1) is 0 Å². The first-order valence-corrected chi connectivity index (χ1v) is 6.73. The van der Waals surface area contributed by atoms with Gasteiger partial charge in [0.2, 0.25) is 5.82 Å². The maximum absolute atomic E-state index is 11.8. The summed E-state index contributed by atoms with van der Waals surface area (Å²) in [4.78, 5) is 23.3. The highest BCUT2D eigenvalue weighted by molar-refractivity contribution is 7.99. The van der Waals surface area contributed by atoms with E-state index in [0.29, 0.717) is 0 Å². The molecular weight excluding hydrogens is 240 g/mol. The third-order valence-electron chi connectivity index (χ3n) is 2.88. The van der Waals surface area contributed by atoms with Crippen LogP contribution in [0.4, 0.5) is 5.82 Å². The van der Waals surface area contributed by atoms with E-state index in [-0.39, 0.29) is 17.4 Å². The summed E-state index contributed by atoms with van der Waals surface area (Å²) in [6.07, 6.45) is 2.05. The van der Waals surface area contributed by atoms with Crippen LogP contribution in [0.15, 0.2) is 9.59 Å². The molecule has 1 aromatic heterocycles. The Labute approximate surface area is 103 Å². The van der Waals surface area contributed by atoms with Crippen LogP contribution in [0.5, 0.6) is 0 Å². The van der Waals surface area contributed by atoms with Gasteiger partial charge in [-0.05, 0) is 24.3 Å². The summed E-state index contributed by atoms with van der Waals surface area (Å²) in [5.41, 5.74) is -0.758. The minimum absolute atomic E-state index is 0.270. The summed E-state index contributed by atoms with van der Waals surface area (Å²) >= 11 is 1.92. The van der Waals surface area contributed by atoms with Crippen molar-refractivity contribution in [3.05, 3.63) is 20.8 Å². The van der Waals surface area contributed by atoms with Crippen LogP contribution in [-0.2, 0) is 14.1 Å². The highest BCUT2D eigenvalue weighted by Gasteiger charge is 2.16. The lowest BCUT2D eigenvalue weighted by Gasteiger charge is -2.22. The van der Waals surface area contributed by atoms with Crippen LogP contribution >= 0.6 is 11.8 Å². The number of nitrogens with one attached hydrogen (secondary N) is 1. The molecule has 0 aromatic carbocycles. The second-order valence-corrected chi connectivity index (χ2v) is 5.37. The third kappa shape index (κ3) is 2.54. The highest BCUT2D eigenvalue weighted by Crippen LogP contribution is 2.18. The molecule has 7 heteroatoms. The molecule has 0 bridgehead atoms. The molecule has 1 fully saturated rings. The van der Waals surface area contributed by atoms with Gasteiger partial charge in [-0.3, -0.25) is 9.36 Å². The van der Waals surface area contributed by atoms with Gasteiger partial charge in [-0.25, -0.2) is 9.48 Å². The molecule has 1 saturated heterocycles. The monoisotopic (exact) mass is 256 g/mol. The molecular formula is C10H16N4O2S. The van der Waals surface area contributed by atoms with E-state index >= 15 is 0 Å². The van der Waals surface area contributed by atoms with Crippen molar-refractivity contribution in [3.8, 4) is 0 Å². The van der Waals surface area contributed by atoms with Crippen molar-refractivity contribution in [3.63, 3.8) is 0 Å². The molecule has 0 unspecified atom stereocenters. The molecule has 0 atom stereocenters. The van der Waals surface area contributed by atoms with E-state index in [2.05, 4.69) is 10.4 Å². The molecule has 1 aliphatic rings. The maximum Gasteiger partial charge on any atom is 0.346 e. The number of rotatable bonds is 2. The maximum atomic E-state index is 11.8. The molecule has 1 N–H and O–H groups in total. The Balaban J connectivity index is 2.27. The number of hydrogen-bond donors (Lipinski definition) is 1. The van der Waals surface area contributed by atoms with Crippen molar-refractivity contribution < 1.29 is 0 Å². The predicted molar refractivity (Wildman–Crippen MR) is 68.7 cm³/mol. The minimum atomic E-state index is -0.403. The van der Waals surface area contributed by atoms with Crippen LogP contribution in [0.2, 0.25) is 0 Å². The molecule has 0 spiro atoms. The number of hydrogen-bond acceptors (Lipinski definition) is 5. The first kappa shape index (κ1) is 12.2. The quantitative estimate of drug-likeness (QED) is 0.792. The van der Waals surface area contributed by atoms with Gasteiger partial charge in [-0.15, -0.1) is 5.10 Å². The summed E-state index contributed by atoms with van der Waals surface area (Å²) in [5.74, 6) is 2.47. The fourth-order valence-corrected chi connectivity index (χ4v) is 2.93. The fourth-order valence-electron chi connectivity index (χ4n) is 1.82. The van der Waals surface area contributed by atoms with Crippen molar-refractivity contribution in [2.75, 3.05) is 16.8 Å². The predicted octanol–water partition coefficient (Wildman–Crippen LogP) is -0.214. The smallest absolute Gasteiger partial charge is 0.346 e. The largest absolute Gasteiger partial charge is 0.361 e. The lowest BCUT2D eigenvalue weighted by molar-refractivity contribution is 0.590. The van der Waals surface area contributed by atoms with E-state index in [0.717, 1.165) is 28.9 Å². The molecule has 1 aromatic rings. The zero-order valence-electron chi connectivity index (χ0n) is 9.97. The number of aromatic nitrogens is 3. The second kappa shape index (κ2) is 4.95. The molecule has 2 heterocycles. The summed E-state index contributed by atoms with van der Waals surface area (Å²) < 4.78 is 2.26. The Morgan fingerprint density at radius 1 is 1.29 bits per heavy atom. The van der Waals surface area contributed by atoms with Crippen LogP contribution in [0.25, 0.3) is 0 Å². The normalized spacial score (nSPS) is 17.1. The van der Waals surface area contributed by atoms with Crippen molar-refractivity contribution in [2.45, 2.75) is 18.9 Å². The van der Waals surface area contributed by atoms with Gasteiger partial charge in [0.1, 0.15) is 0 Å². The van der Waals surface area contributed by atoms with Crippen LogP contribution in [0.1, 0.15) is 12.8 Å². The number of aryl methyl sites for hydroxylation is 1. The van der Waals surface area contributed by atoms with Crippen LogP contribution in [0, 0.1) is 0 Å².